The summed E-state index contributed by atoms with van der Waals surface area (Å²) < 4.78 is 46.0. The average molecular weight is 378 g/mol. The molecule has 0 aliphatic carbocycles. The Morgan fingerprint density at radius 3 is 2.62 bits per heavy atom. The minimum atomic E-state index is -3.94. The van der Waals surface area contributed by atoms with Gasteiger partial charge >= 0.3 is 0 Å². The normalized spacial score (nSPS) is 15.1. The summed E-state index contributed by atoms with van der Waals surface area (Å²) in [7, 11) is -3.94. The number of ether oxygens (including phenoxy) is 1. The zero-order valence-electron chi connectivity index (χ0n) is 14.2. The van der Waals surface area contributed by atoms with Gasteiger partial charge in [0.1, 0.15) is 24.2 Å². The molecular formula is C18H19FN2O4S. The standard InChI is InChI=1S/C18H19FN2O4S/c1-2-15(20-26(23,24)14-9-7-13(19)8-10-14)18(22)21-11-12-25-17-6-4-3-5-16(17)21/h3-10,15,20H,2,11-12H2,1H3. The fourth-order valence-electron chi connectivity index (χ4n) is 2.76. The number of nitrogens with one attached hydrogen (secondary N) is 1. The predicted molar refractivity (Wildman–Crippen MR) is 95.1 cm³/mol. The molecule has 0 saturated carbocycles. The summed E-state index contributed by atoms with van der Waals surface area (Å²) in [5, 5.41) is 0. The van der Waals surface area contributed by atoms with E-state index in [-0.39, 0.29) is 17.2 Å². The van der Waals surface area contributed by atoms with Gasteiger partial charge in [-0.25, -0.2) is 12.8 Å². The lowest BCUT2D eigenvalue weighted by molar-refractivity contribution is -0.120. The minimum absolute atomic E-state index is 0.0903. The predicted octanol–water partition coefficient (Wildman–Crippen LogP) is 2.31. The van der Waals surface area contributed by atoms with Gasteiger partial charge in [0.05, 0.1) is 17.1 Å². The number of hydrogen-bond acceptors (Lipinski definition) is 4. The molecule has 1 N–H and O–H groups in total. The second kappa shape index (κ2) is 7.43. The fraction of sp³-hybridized carbons (Fsp3) is 0.278. The molecule has 0 bridgehead atoms. The number of hydrogen-bond donors (Lipinski definition) is 1. The lowest BCUT2D eigenvalue weighted by Crippen LogP contribution is -2.50. The highest BCUT2D eigenvalue weighted by Crippen LogP contribution is 2.31. The van der Waals surface area contributed by atoms with Crippen LogP contribution < -0.4 is 14.4 Å². The van der Waals surface area contributed by atoms with Crippen molar-refractivity contribution in [2.75, 3.05) is 18.1 Å². The van der Waals surface area contributed by atoms with Crippen molar-refractivity contribution >= 4 is 21.6 Å². The maximum absolute atomic E-state index is 13.0. The molecule has 1 aliphatic heterocycles. The van der Waals surface area contributed by atoms with Crippen LogP contribution in [0.1, 0.15) is 13.3 Å². The number of amides is 1. The van der Waals surface area contributed by atoms with E-state index in [9.17, 15) is 17.6 Å². The molecule has 6 nitrogen and oxygen atoms in total. The Kier molecular flexibility index (Phi) is 5.24. The van der Waals surface area contributed by atoms with Gasteiger partial charge in [-0.1, -0.05) is 19.1 Å². The van der Waals surface area contributed by atoms with Gasteiger partial charge in [0.15, 0.2) is 0 Å². The molecule has 1 amide bonds. The molecular weight excluding hydrogens is 359 g/mol. The first-order chi connectivity index (χ1) is 12.4. The van der Waals surface area contributed by atoms with Crippen LogP contribution in [-0.2, 0) is 14.8 Å². The molecule has 1 heterocycles. The highest BCUT2D eigenvalue weighted by Gasteiger charge is 2.31. The van der Waals surface area contributed by atoms with Gasteiger partial charge < -0.3 is 9.64 Å². The van der Waals surface area contributed by atoms with Gasteiger partial charge in [-0.05, 0) is 42.8 Å². The van der Waals surface area contributed by atoms with Gasteiger partial charge in [0, 0.05) is 0 Å². The lowest BCUT2D eigenvalue weighted by Gasteiger charge is -2.32. The number of halogens is 1. The summed E-state index contributed by atoms with van der Waals surface area (Å²) in [5.74, 6) is -0.297. The van der Waals surface area contributed by atoms with E-state index in [0.717, 1.165) is 12.1 Å². The van der Waals surface area contributed by atoms with E-state index in [2.05, 4.69) is 4.72 Å². The summed E-state index contributed by atoms with van der Waals surface area (Å²) in [5.41, 5.74) is 0.614. The van der Waals surface area contributed by atoms with Crippen molar-refractivity contribution in [1.29, 1.82) is 0 Å². The van der Waals surface area contributed by atoms with E-state index < -0.39 is 21.9 Å². The first-order valence-electron chi connectivity index (χ1n) is 8.23. The van der Waals surface area contributed by atoms with Crippen LogP contribution in [-0.4, -0.2) is 33.5 Å². The van der Waals surface area contributed by atoms with Crippen molar-refractivity contribution < 1.29 is 22.3 Å². The fourth-order valence-corrected chi connectivity index (χ4v) is 4.04. The summed E-state index contributed by atoms with van der Waals surface area (Å²) >= 11 is 0. The minimum Gasteiger partial charge on any atom is -0.490 e. The van der Waals surface area contributed by atoms with Gasteiger partial charge in [-0.15, -0.1) is 0 Å². The highest BCUT2D eigenvalue weighted by molar-refractivity contribution is 7.89. The lowest BCUT2D eigenvalue weighted by atomic mass is 10.1. The Balaban J connectivity index is 1.83. The van der Waals surface area contributed by atoms with Crippen molar-refractivity contribution in [2.24, 2.45) is 0 Å². The molecule has 138 valence electrons. The van der Waals surface area contributed by atoms with Gasteiger partial charge in [-0.3, -0.25) is 4.79 Å². The quantitative estimate of drug-likeness (QED) is 0.866. The third-order valence-electron chi connectivity index (χ3n) is 4.12. The number of para-hydroxylation sites is 2. The number of fused-ring (bicyclic) bond motifs is 1. The summed E-state index contributed by atoms with van der Waals surface area (Å²) in [6.45, 7) is 2.40. The summed E-state index contributed by atoms with van der Waals surface area (Å²) in [6, 6.07) is 10.6. The molecule has 1 aliphatic rings. The largest absolute Gasteiger partial charge is 0.490 e. The van der Waals surface area contributed by atoms with Gasteiger partial charge in [0.25, 0.3) is 0 Å². The molecule has 1 unspecified atom stereocenters. The average Bonchev–Trinajstić information content (AvgIpc) is 2.65. The van der Waals surface area contributed by atoms with Gasteiger partial charge in [0.2, 0.25) is 15.9 Å². The second-order valence-electron chi connectivity index (χ2n) is 5.84. The third kappa shape index (κ3) is 3.71. The number of nitrogens with zero attached hydrogens (tertiary/aromatic N) is 1. The zero-order chi connectivity index (χ0) is 18.7. The summed E-state index contributed by atoms with van der Waals surface area (Å²) in [6.07, 6.45) is 0.277. The summed E-state index contributed by atoms with van der Waals surface area (Å²) in [4.78, 5) is 14.4. The van der Waals surface area contributed by atoms with Crippen molar-refractivity contribution in [1.82, 2.24) is 4.72 Å². The molecule has 2 aromatic rings. The van der Waals surface area contributed by atoms with Crippen LogP contribution in [0.5, 0.6) is 5.75 Å². The Morgan fingerprint density at radius 1 is 1.23 bits per heavy atom. The molecule has 0 radical (unpaired) electrons. The number of benzene rings is 2. The SMILES string of the molecule is CCC(NS(=O)(=O)c1ccc(F)cc1)C(=O)N1CCOc2ccccc21. The molecule has 2 aromatic carbocycles. The third-order valence-corrected chi connectivity index (χ3v) is 5.61. The molecule has 1 atom stereocenters. The van der Waals surface area contributed by atoms with E-state index in [0.29, 0.717) is 24.6 Å². The van der Waals surface area contributed by atoms with E-state index in [4.69, 9.17) is 4.74 Å². The van der Waals surface area contributed by atoms with Crippen LogP contribution in [0.3, 0.4) is 0 Å². The number of rotatable bonds is 5. The van der Waals surface area contributed by atoms with Crippen molar-refractivity contribution in [3.8, 4) is 5.75 Å². The molecule has 0 aromatic heterocycles. The van der Waals surface area contributed by atoms with E-state index >= 15 is 0 Å². The number of carbonyl (C=O) groups excluding carboxylic acids is 1. The van der Waals surface area contributed by atoms with Crippen LogP contribution in [0.4, 0.5) is 10.1 Å². The first kappa shape index (κ1) is 18.3. The van der Waals surface area contributed by atoms with Crippen LogP contribution in [0.2, 0.25) is 0 Å². The van der Waals surface area contributed by atoms with Gasteiger partial charge in [-0.2, -0.15) is 4.72 Å². The van der Waals surface area contributed by atoms with Crippen molar-refractivity contribution in [2.45, 2.75) is 24.3 Å². The van der Waals surface area contributed by atoms with E-state index in [1.54, 1.807) is 31.2 Å². The number of sulfonamides is 1. The van der Waals surface area contributed by atoms with Crippen LogP contribution >= 0.6 is 0 Å². The molecule has 0 spiro atoms. The number of anilines is 1. The maximum atomic E-state index is 13.0. The first-order valence-corrected chi connectivity index (χ1v) is 9.72. The number of carbonyl (C=O) groups is 1. The zero-order valence-corrected chi connectivity index (χ0v) is 15.0. The topological polar surface area (TPSA) is 75.7 Å². The van der Waals surface area contributed by atoms with Crippen molar-refractivity contribution in [3.05, 3.63) is 54.3 Å². The van der Waals surface area contributed by atoms with Crippen LogP contribution in [0.25, 0.3) is 0 Å². The smallest absolute Gasteiger partial charge is 0.245 e. The van der Waals surface area contributed by atoms with Crippen molar-refractivity contribution in [3.63, 3.8) is 0 Å². The Morgan fingerprint density at radius 2 is 1.92 bits per heavy atom. The molecule has 3 rings (SSSR count). The molecule has 0 fully saturated rings. The molecule has 8 heteroatoms. The highest BCUT2D eigenvalue weighted by atomic mass is 32.2. The maximum Gasteiger partial charge on any atom is 0.245 e. The Bertz CT molecular complexity index is 900. The Labute approximate surface area is 151 Å². The monoisotopic (exact) mass is 378 g/mol. The van der Waals surface area contributed by atoms with E-state index in [1.807, 2.05) is 0 Å². The Hall–Kier alpha value is -2.45. The van der Waals surface area contributed by atoms with Crippen LogP contribution in [0, 0.1) is 5.82 Å². The van der Waals surface area contributed by atoms with E-state index in [1.165, 1.54) is 17.0 Å². The second-order valence-corrected chi connectivity index (χ2v) is 7.56. The van der Waals surface area contributed by atoms with Crippen LogP contribution in [0.15, 0.2) is 53.4 Å². The molecule has 26 heavy (non-hydrogen) atoms. The molecule has 0 saturated heterocycles.